The molecule has 6 amide bonds. The van der Waals surface area contributed by atoms with Crippen molar-refractivity contribution in [3.05, 3.63) is 71.8 Å². The number of nitrogens with two attached hydrogens (primary N) is 1. The molecular formula is C49H67N7O17S. The van der Waals surface area contributed by atoms with Crippen molar-refractivity contribution in [2.45, 2.75) is 139 Å². The summed E-state index contributed by atoms with van der Waals surface area (Å²) in [4.78, 5) is 148. The number of hydrogen-bond donors (Lipinski definition) is 12. The SMILES string of the molecule is N[C@@H](CNC(=O)[C@@H](CC(=O)[C@H](Cc1ccccc1)NC(=O)CCCCCCCCC(=O)CC[C@H](NC(=O)N[C@@H](CCC(=O)O)OC=O)C(=O)O)Cc1ccccc1)C(=O)N[C@@H](CC(=O)O)C(=O)N[C@@H](CS)C(=O)O. The van der Waals surface area contributed by atoms with Gasteiger partial charge in [-0.3, -0.25) is 43.2 Å². The summed E-state index contributed by atoms with van der Waals surface area (Å²) in [6.45, 7) is -0.485. The van der Waals surface area contributed by atoms with Gasteiger partial charge in [-0.2, -0.15) is 12.6 Å². The Hall–Kier alpha value is -7.41. The highest BCUT2D eigenvalue weighted by Gasteiger charge is 2.32. The van der Waals surface area contributed by atoms with Crippen molar-refractivity contribution in [3.63, 3.8) is 0 Å². The maximum Gasteiger partial charge on any atom is 0.327 e. The third-order valence-corrected chi connectivity index (χ3v) is 11.7. The van der Waals surface area contributed by atoms with Crippen LogP contribution in [0, 0.1) is 5.92 Å². The van der Waals surface area contributed by atoms with Crippen LogP contribution >= 0.6 is 12.6 Å². The Morgan fingerprint density at radius 1 is 0.568 bits per heavy atom. The van der Waals surface area contributed by atoms with Crippen LogP contribution in [0.1, 0.15) is 101 Å². The van der Waals surface area contributed by atoms with Crippen LogP contribution in [-0.4, -0.2) is 141 Å². The minimum atomic E-state index is -1.72. The van der Waals surface area contributed by atoms with E-state index in [1.165, 1.54) is 0 Å². The molecule has 0 saturated carbocycles. The van der Waals surface area contributed by atoms with Crippen molar-refractivity contribution >= 4 is 84.2 Å². The van der Waals surface area contributed by atoms with Crippen LogP contribution in [0.4, 0.5) is 4.79 Å². The minimum absolute atomic E-state index is 0.0126. The zero-order valence-electron chi connectivity index (χ0n) is 40.7. The first-order valence-electron chi connectivity index (χ1n) is 23.9. The first kappa shape index (κ1) is 62.7. The lowest BCUT2D eigenvalue weighted by atomic mass is 9.89. The number of carbonyl (C=O) groups is 12. The highest BCUT2D eigenvalue weighted by Crippen LogP contribution is 2.18. The number of hydrogen-bond acceptors (Lipinski definition) is 15. The van der Waals surface area contributed by atoms with Crippen LogP contribution in [0.5, 0.6) is 0 Å². The highest BCUT2D eigenvalue weighted by molar-refractivity contribution is 7.80. The molecule has 2 rings (SSSR count). The number of benzene rings is 2. The summed E-state index contributed by atoms with van der Waals surface area (Å²) in [6, 6.07) is 9.54. The number of urea groups is 1. The molecule has 24 nitrogen and oxygen atoms in total. The van der Waals surface area contributed by atoms with Crippen LogP contribution in [0.3, 0.4) is 0 Å². The molecule has 0 bridgehead atoms. The summed E-state index contributed by atoms with van der Waals surface area (Å²) in [6.07, 6.45) is 0.741. The Kier molecular flexibility index (Phi) is 29.5. The summed E-state index contributed by atoms with van der Waals surface area (Å²) in [5.74, 6) is -10.7. The maximum absolute atomic E-state index is 14.1. The number of carbonyl (C=O) groups excluding carboxylic acids is 8. The van der Waals surface area contributed by atoms with Crippen molar-refractivity contribution in [2.75, 3.05) is 12.3 Å². The summed E-state index contributed by atoms with van der Waals surface area (Å²) in [5.41, 5.74) is 7.49. The number of Topliss-reactive ketones (excluding diaryl/α,β-unsaturated/α-hetero) is 2. The van der Waals surface area contributed by atoms with Crippen molar-refractivity contribution in [1.82, 2.24) is 31.9 Å². The van der Waals surface area contributed by atoms with E-state index in [1.54, 1.807) is 60.7 Å². The van der Waals surface area contributed by atoms with Gasteiger partial charge in [0.15, 0.2) is 12.0 Å². The molecule has 2 aromatic carbocycles. The summed E-state index contributed by atoms with van der Waals surface area (Å²) >= 11 is 3.86. The fourth-order valence-electron chi connectivity index (χ4n) is 7.32. The molecule has 0 aliphatic carbocycles. The van der Waals surface area contributed by atoms with Gasteiger partial charge in [0.25, 0.3) is 6.47 Å². The van der Waals surface area contributed by atoms with Gasteiger partial charge < -0.3 is 62.8 Å². The van der Waals surface area contributed by atoms with E-state index in [1.807, 2.05) is 0 Å². The molecular weight excluding hydrogens is 991 g/mol. The average Bonchev–Trinajstić information content (AvgIpc) is 3.35. The number of unbranched alkanes of at least 4 members (excludes halogenated alkanes) is 5. The molecule has 7 atom stereocenters. The second-order valence-electron chi connectivity index (χ2n) is 17.3. The van der Waals surface area contributed by atoms with Gasteiger partial charge in [-0.05, 0) is 43.2 Å². The predicted molar refractivity (Wildman–Crippen MR) is 266 cm³/mol. The van der Waals surface area contributed by atoms with Gasteiger partial charge >= 0.3 is 29.9 Å². The number of ketones is 2. The second kappa shape index (κ2) is 34.9. The van der Waals surface area contributed by atoms with E-state index in [2.05, 4.69) is 49.3 Å². The standard InChI is InChI=1S/C49H67N7O17S/c50-34(45(66)53-37(26-43(63)64)46(67)54-38(28-74)48(70)71)27-51-44(65)32(23-30-13-7-5-8-14-30)25-39(59)36(24-31-15-9-6-10-16-31)52-40(60)18-12-4-2-1-3-11-17-33(58)19-20-35(47(68)69)55-49(72)56-41(73-29-57)21-22-42(61)62/h5-10,13-16,29,32,34-38,41,74H,1-4,11-12,17-28,50H2,(H,51,65)(H,52,60)(H,53,66)(H,54,67)(H,61,62)(H,63,64)(H,68,69)(H,70,71)(H2,55,56,72)/t32-,34+,35+,36+,37+,38+,41-/m1/s1. The predicted octanol–water partition coefficient (Wildman–Crippen LogP) is 1.02. The monoisotopic (exact) mass is 1060 g/mol. The quantitative estimate of drug-likeness (QED) is 0.0192. The first-order valence-corrected chi connectivity index (χ1v) is 24.6. The zero-order valence-corrected chi connectivity index (χ0v) is 41.6. The third kappa shape index (κ3) is 26.3. The van der Waals surface area contributed by atoms with E-state index in [0.29, 0.717) is 31.2 Å². The molecule has 0 spiro atoms. The van der Waals surface area contributed by atoms with Crippen molar-refractivity contribution in [3.8, 4) is 0 Å². The number of rotatable bonds is 39. The van der Waals surface area contributed by atoms with Crippen LogP contribution in [0.15, 0.2) is 60.7 Å². The maximum atomic E-state index is 14.1. The number of nitrogens with one attached hydrogen (secondary N) is 6. The Morgan fingerprint density at radius 3 is 1.69 bits per heavy atom. The Morgan fingerprint density at radius 2 is 1.14 bits per heavy atom. The van der Waals surface area contributed by atoms with E-state index < -0.39 is 115 Å². The molecule has 0 aromatic heterocycles. The van der Waals surface area contributed by atoms with Crippen molar-refractivity contribution in [2.24, 2.45) is 11.7 Å². The largest absolute Gasteiger partial charge is 0.481 e. The Labute approximate surface area is 432 Å². The van der Waals surface area contributed by atoms with E-state index in [4.69, 9.17) is 10.8 Å². The average molecular weight is 1060 g/mol. The smallest absolute Gasteiger partial charge is 0.327 e. The summed E-state index contributed by atoms with van der Waals surface area (Å²) in [7, 11) is 0. The molecule has 0 saturated heterocycles. The van der Waals surface area contributed by atoms with E-state index >= 15 is 0 Å². The minimum Gasteiger partial charge on any atom is -0.481 e. The lowest BCUT2D eigenvalue weighted by Gasteiger charge is -2.23. The zero-order chi connectivity index (χ0) is 55.0. The van der Waals surface area contributed by atoms with Crippen LogP contribution < -0.4 is 37.6 Å². The molecule has 74 heavy (non-hydrogen) atoms. The molecule has 406 valence electrons. The molecule has 0 heterocycles. The summed E-state index contributed by atoms with van der Waals surface area (Å²) in [5, 5.41) is 50.9. The van der Waals surface area contributed by atoms with Gasteiger partial charge in [-0.1, -0.05) is 86.3 Å². The number of thiol groups is 1. The van der Waals surface area contributed by atoms with Crippen LogP contribution in [0.25, 0.3) is 0 Å². The van der Waals surface area contributed by atoms with Crippen molar-refractivity contribution in [1.29, 1.82) is 0 Å². The lowest BCUT2D eigenvalue weighted by molar-refractivity contribution is -0.143. The van der Waals surface area contributed by atoms with Gasteiger partial charge in [0.1, 0.15) is 30.0 Å². The number of amides is 6. The number of carboxylic acid groups (broad SMARTS) is 4. The van der Waals surface area contributed by atoms with E-state index in [0.717, 1.165) is 18.4 Å². The van der Waals surface area contributed by atoms with Gasteiger partial charge in [0.05, 0.1) is 18.9 Å². The Balaban J connectivity index is 1.95. The highest BCUT2D eigenvalue weighted by atomic mass is 32.1. The molecule has 0 radical (unpaired) electrons. The van der Waals surface area contributed by atoms with Gasteiger partial charge in [0, 0.05) is 50.3 Å². The molecule has 0 aliphatic rings. The Bertz CT molecular complexity index is 2200. The normalized spacial score (nSPS) is 13.6. The van der Waals surface area contributed by atoms with E-state index in [9.17, 15) is 72.9 Å². The molecule has 0 unspecified atom stereocenters. The lowest BCUT2D eigenvalue weighted by Crippen LogP contribution is -2.57. The summed E-state index contributed by atoms with van der Waals surface area (Å²) < 4.78 is 4.62. The second-order valence-corrected chi connectivity index (χ2v) is 17.7. The topological polar surface area (TPSA) is 393 Å². The van der Waals surface area contributed by atoms with Crippen LogP contribution in [0.2, 0.25) is 0 Å². The van der Waals surface area contributed by atoms with Gasteiger partial charge in [0.2, 0.25) is 23.6 Å². The number of carboxylic acids is 4. The molecule has 25 heteroatoms. The molecule has 2 aromatic rings. The molecule has 0 aliphatic heterocycles. The van der Waals surface area contributed by atoms with Crippen molar-refractivity contribution < 1.29 is 82.7 Å². The van der Waals surface area contributed by atoms with E-state index in [-0.39, 0.29) is 75.3 Å². The molecule has 0 fully saturated rings. The third-order valence-electron chi connectivity index (χ3n) is 11.3. The van der Waals surface area contributed by atoms with Gasteiger partial charge in [-0.15, -0.1) is 0 Å². The number of aliphatic carboxylic acids is 4. The fraction of sp³-hybridized carbons (Fsp3) is 0.510. The molecule has 12 N–H and O–H groups in total. The fourth-order valence-corrected chi connectivity index (χ4v) is 7.56. The van der Waals surface area contributed by atoms with Crippen LogP contribution in [-0.2, 0) is 70.3 Å². The van der Waals surface area contributed by atoms with Gasteiger partial charge in [-0.25, -0.2) is 14.4 Å². The number of ether oxygens (including phenoxy) is 1. The first-order chi connectivity index (χ1) is 35.2.